The number of nitrogens with zero attached hydrogens (tertiary/aromatic N) is 3. The molecule has 6 nitrogen and oxygen atoms in total. The van der Waals surface area contributed by atoms with Gasteiger partial charge in [-0.05, 0) is 31.0 Å². The van der Waals surface area contributed by atoms with Crippen LogP contribution in [0.15, 0.2) is 41.1 Å². The topological polar surface area (TPSA) is 79.4 Å². The van der Waals surface area contributed by atoms with Crippen molar-refractivity contribution in [2.24, 2.45) is 0 Å². The molecule has 1 saturated heterocycles. The zero-order chi connectivity index (χ0) is 15.4. The van der Waals surface area contributed by atoms with Crippen molar-refractivity contribution in [1.82, 2.24) is 9.88 Å². The van der Waals surface area contributed by atoms with Gasteiger partial charge in [0.1, 0.15) is 6.10 Å². The Morgan fingerprint density at radius 3 is 3.18 bits per heavy atom. The molecule has 0 aliphatic carbocycles. The van der Waals surface area contributed by atoms with E-state index < -0.39 is 0 Å². The molecule has 0 saturated carbocycles. The number of furan rings is 1. The second kappa shape index (κ2) is 6.31. The Labute approximate surface area is 127 Å². The summed E-state index contributed by atoms with van der Waals surface area (Å²) >= 11 is 0. The summed E-state index contributed by atoms with van der Waals surface area (Å²) in [5, 5.41) is 8.89. The molecule has 3 rings (SSSR count). The monoisotopic (exact) mass is 297 g/mol. The highest BCUT2D eigenvalue weighted by Gasteiger charge is 2.27. The summed E-state index contributed by atoms with van der Waals surface area (Å²) in [6.45, 7) is 1.17. The molecule has 1 amide bonds. The summed E-state index contributed by atoms with van der Waals surface area (Å²) in [6, 6.07) is 8.64. The third kappa shape index (κ3) is 3.09. The predicted molar refractivity (Wildman–Crippen MR) is 77.2 cm³/mol. The number of pyridine rings is 1. The Bertz CT molecular complexity index is 691. The van der Waals surface area contributed by atoms with Gasteiger partial charge in [-0.25, -0.2) is 4.98 Å². The van der Waals surface area contributed by atoms with Gasteiger partial charge in [-0.15, -0.1) is 0 Å². The first-order chi connectivity index (χ1) is 10.8. The van der Waals surface area contributed by atoms with Crippen molar-refractivity contribution in [3.63, 3.8) is 0 Å². The quantitative estimate of drug-likeness (QED) is 0.868. The number of aromatic nitrogens is 1. The fraction of sp³-hybridized carbons (Fsp3) is 0.312. The molecule has 3 heterocycles. The second-order valence-electron chi connectivity index (χ2n) is 5.11. The fourth-order valence-electron chi connectivity index (χ4n) is 2.49. The molecule has 0 spiro atoms. The molecule has 1 atom stereocenters. The highest BCUT2D eigenvalue weighted by Crippen LogP contribution is 2.19. The number of piperidine rings is 1. The van der Waals surface area contributed by atoms with E-state index in [1.807, 2.05) is 0 Å². The molecule has 6 heteroatoms. The lowest BCUT2D eigenvalue weighted by Crippen LogP contribution is -2.44. The minimum atomic E-state index is -0.130. The first kappa shape index (κ1) is 14.1. The number of carbonyl (C=O) groups is 1. The van der Waals surface area contributed by atoms with Crippen molar-refractivity contribution in [3.8, 4) is 11.9 Å². The molecule has 112 valence electrons. The number of rotatable bonds is 3. The average Bonchev–Trinajstić information content (AvgIpc) is 3.09. The van der Waals surface area contributed by atoms with E-state index >= 15 is 0 Å². The maximum absolute atomic E-state index is 12.3. The van der Waals surface area contributed by atoms with E-state index in [9.17, 15) is 4.79 Å². The van der Waals surface area contributed by atoms with Gasteiger partial charge in [0.25, 0.3) is 5.91 Å². The highest BCUT2D eigenvalue weighted by atomic mass is 16.5. The number of hydrogen-bond donors (Lipinski definition) is 0. The van der Waals surface area contributed by atoms with Crippen LogP contribution in [0.1, 0.15) is 29.0 Å². The van der Waals surface area contributed by atoms with E-state index in [0.717, 1.165) is 12.8 Å². The Kier molecular flexibility index (Phi) is 4.05. The van der Waals surface area contributed by atoms with Crippen LogP contribution in [-0.4, -0.2) is 35.0 Å². The molecule has 0 N–H and O–H groups in total. The van der Waals surface area contributed by atoms with Crippen LogP contribution in [-0.2, 0) is 0 Å². The molecule has 1 aliphatic rings. The van der Waals surface area contributed by atoms with Crippen molar-refractivity contribution >= 4 is 5.91 Å². The summed E-state index contributed by atoms with van der Waals surface area (Å²) < 4.78 is 11.0. The Balaban J connectivity index is 1.65. The van der Waals surface area contributed by atoms with Gasteiger partial charge in [-0.2, -0.15) is 5.26 Å². The first-order valence-corrected chi connectivity index (χ1v) is 7.12. The molecule has 2 aromatic rings. The van der Waals surface area contributed by atoms with E-state index in [1.165, 1.54) is 6.26 Å². The van der Waals surface area contributed by atoms with E-state index in [-0.39, 0.29) is 12.0 Å². The lowest BCUT2D eigenvalue weighted by atomic mass is 10.1. The maximum atomic E-state index is 12.3. The van der Waals surface area contributed by atoms with Gasteiger partial charge in [0, 0.05) is 18.8 Å². The van der Waals surface area contributed by atoms with Crippen molar-refractivity contribution in [1.29, 1.82) is 5.26 Å². The number of carbonyl (C=O) groups excluding carboxylic acids is 1. The van der Waals surface area contributed by atoms with Gasteiger partial charge in [-0.1, -0.05) is 0 Å². The maximum Gasteiger partial charge on any atom is 0.289 e. The lowest BCUT2D eigenvalue weighted by molar-refractivity contribution is 0.0500. The Morgan fingerprint density at radius 1 is 1.50 bits per heavy atom. The molecule has 0 bridgehead atoms. The molecular weight excluding hydrogens is 282 g/mol. The van der Waals surface area contributed by atoms with Crippen molar-refractivity contribution in [3.05, 3.63) is 48.0 Å². The summed E-state index contributed by atoms with van der Waals surface area (Å²) in [5.41, 5.74) is 0.504. The van der Waals surface area contributed by atoms with Gasteiger partial charge in [0.05, 0.1) is 24.4 Å². The number of nitriles is 1. The number of likely N-dealkylation sites (tertiary alicyclic amines) is 1. The summed E-state index contributed by atoms with van der Waals surface area (Å²) in [6.07, 6.45) is 4.61. The van der Waals surface area contributed by atoms with Crippen LogP contribution >= 0.6 is 0 Å². The molecular formula is C16H15N3O3. The van der Waals surface area contributed by atoms with E-state index in [2.05, 4.69) is 11.1 Å². The zero-order valence-corrected chi connectivity index (χ0v) is 11.9. The van der Waals surface area contributed by atoms with Crippen molar-refractivity contribution in [2.75, 3.05) is 13.1 Å². The van der Waals surface area contributed by atoms with E-state index in [1.54, 1.807) is 35.4 Å². The molecule has 0 radical (unpaired) electrons. The van der Waals surface area contributed by atoms with Crippen LogP contribution in [0.3, 0.4) is 0 Å². The molecule has 22 heavy (non-hydrogen) atoms. The van der Waals surface area contributed by atoms with Gasteiger partial charge in [-0.3, -0.25) is 4.79 Å². The van der Waals surface area contributed by atoms with Crippen molar-refractivity contribution in [2.45, 2.75) is 18.9 Å². The van der Waals surface area contributed by atoms with Gasteiger partial charge in [0.2, 0.25) is 5.88 Å². The fourth-order valence-corrected chi connectivity index (χ4v) is 2.49. The Morgan fingerprint density at radius 2 is 2.41 bits per heavy atom. The SMILES string of the molecule is N#Cc1ccnc(O[C@@H]2CCCN(C(=O)c3ccco3)C2)c1. The van der Waals surface area contributed by atoms with Gasteiger partial charge >= 0.3 is 0 Å². The first-order valence-electron chi connectivity index (χ1n) is 7.12. The normalized spacial score (nSPS) is 17.8. The third-order valence-corrected chi connectivity index (χ3v) is 3.55. The molecule has 0 aromatic carbocycles. The molecule has 2 aromatic heterocycles. The minimum absolute atomic E-state index is 0.128. The van der Waals surface area contributed by atoms with Crippen LogP contribution in [0, 0.1) is 11.3 Å². The van der Waals surface area contributed by atoms with Crippen LogP contribution in [0.4, 0.5) is 0 Å². The van der Waals surface area contributed by atoms with E-state index in [4.69, 9.17) is 14.4 Å². The third-order valence-electron chi connectivity index (χ3n) is 3.55. The molecule has 1 fully saturated rings. The zero-order valence-electron chi connectivity index (χ0n) is 11.9. The number of ether oxygens (including phenoxy) is 1. The van der Waals surface area contributed by atoms with Crippen LogP contribution < -0.4 is 4.74 Å². The number of hydrogen-bond acceptors (Lipinski definition) is 5. The van der Waals surface area contributed by atoms with Gasteiger partial charge in [0.15, 0.2) is 5.76 Å². The summed E-state index contributed by atoms with van der Waals surface area (Å²) in [5.74, 6) is 0.624. The predicted octanol–water partition coefficient (Wildman–Crippen LogP) is 2.23. The lowest BCUT2D eigenvalue weighted by Gasteiger charge is -2.32. The van der Waals surface area contributed by atoms with Crippen LogP contribution in [0.5, 0.6) is 5.88 Å². The average molecular weight is 297 g/mol. The highest BCUT2D eigenvalue weighted by molar-refractivity contribution is 5.91. The van der Waals surface area contributed by atoms with Crippen LogP contribution in [0.25, 0.3) is 0 Å². The summed E-state index contributed by atoms with van der Waals surface area (Å²) in [7, 11) is 0. The number of amides is 1. The largest absolute Gasteiger partial charge is 0.472 e. The van der Waals surface area contributed by atoms with Crippen molar-refractivity contribution < 1.29 is 13.9 Å². The molecule has 0 unspecified atom stereocenters. The van der Waals surface area contributed by atoms with E-state index in [0.29, 0.717) is 30.3 Å². The molecule has 1 aliphatic heterocycles. The summed E-state index contributed by atoms with van der Waals surface area (Å²) in [4.78, 5) is 18.1. The van der Waals surface area contributed by atoms with Crippen LogP contribution in [0.2, 0.25) is 0 Å². The smallest absolute Gasteiger partial charge is 0.289 e. The second-order valence-corrected chi connectivity index (χ2v) is 5.11. The standard InChI is InChI=1S/C16H15N3O3/c17-10-12-5-6-18-15(9-12)22-13-3-1-7-19(11-13)16(20)14-4-2-8-21-14/h2,4-6,8-9,13H,1,3,7,11H2/t13-/m1/s1. The minimum Gasteiger partial charge on any atom is -0.472 e. The van der Waals surface area contributed by atoms with Gasteiger partial charge < -0.3 is 14.1 Å². The Hall–Kier alpha value is -2.81.